The van der Waals surface area contributed by atoms with Crippen LogP contribution in [0.1, 0.15) is 6.92 Å². The maximum Gasteiger partial charge on any atom is 0.269 e. The van der Waals surface area contributed by atoms with Crippen molar-refractivity contribution in [3.05, 3.63) is 34.4 Å². The summed E-state index contributed by atoms with van der Waals surface area (Å²) in [4.78, 5) is 22.0. The molecule has 7 N–H and O–H groups in total. The van der Waals surface area contributed by atoms with Crippen LogP contribution < -0.4 is 10.1 Å². The number of rotatable bonds is 8. The molecule has 10 atom stereocenters. The van der Waals surface area contributed by atoms with Gasteiger partial charge in [-0.1, -0.05) is 0 Å². The maximum atomic E-state index is 11.8. The van der Waals surface area contributed by atoms with E-state index < -0.39 is 85.4 Å². The van der Waals surface area contributed by atoms with Gasteiger partial charge in [-0.05, 0) is 12.1 Å². The molecule has 196 valence electrons. The molecular weight excluding hydrogens is 476 g/mol. The number of carbonyl (C=O) groups excluding carboxylic acids is 1. The molecule has 0 radical (unpaired) electrons. The van der Waals surface area contributed by atoms with E-state index in [9.17, 15) is 45.5 Å². The van der Waals surface area contributed by atoms with Crippen LogP contribution >= 0.6 is 0 Å². The van der Waals surface area contributed by atoms with E-state index in [4.69, 9.17) is 18.9 Å². The number of benzene rings is 1. The highest BCUT2D eigenvalue weighted by Gasteiger charge is 2.51. The Kier molecular flexibility index (Phi) is 8.92. The van der Waals surface area contributed by atoms with Gasteiger partial charge in [0, 0.05) is 19.1 Å². The van der Waals surface area contributed by atoms with Gasteiger partial charge < -0.3 is 54.9 Å². The number of nitro benzene ring substituents is 1. The van der Waals surface area contributed by atoms with E-state index in [2.05, 4.69) is 5.32 Å². The molecule has 2 aliphatic rings. The summed E-state index contributed by atoms with van der Waals surface area (Å²) < 4.78 is 22.2. The number of hydrogen-bond donors (Lipinski definition) is 7. The molecule has 0 saturated carbocycles. The van der Waals surface area contributed by atoms with Gasteiger partial charge in [-0.25, -0.2) is 0 Å². The third-order valence-electron chi connectivity index (χ3n) is 5.66. The second-order valence-corrected chi connectivity index (χ2v) is 8.11. The fraction of sp³-hybridized carbons (Fsp3) is 0.650. The number of aliphatic hydroxyl groups excluding tert-OH is 6. The second-order valence-electron chi connectivity index (χ2n) is 8.11. The molecule has 0 spiro atoms. The predicted octanol–water partition coefficient (Wildman–Crippen LogP) is -3.26. The molecule has 2 saturated heterocycles. The molecule has 1 amide bonds. The van der Waals surface area contributed by atoms with Crippen LogP contribution in [0.2, 0.25) is 0 Å². The zero-order chi connectivity index (χ0) is 25.9. The first-order valence-corrected chi connectivity index (χ1v) is 10.7. The van der Waals surface area contributed by atoms with Gasteiger partial charge in [0.1, 0.15) is 54.5 Å². The smallest absolute Gasteiger partial charge is 0.269 e. The summed E-state index contributed by atoms with van der Waals surface area (Å²) in [5, 5.41) is 73.7. The molecule has 2 fully saturated rings. The Morgan fingerprint density at radius 3 is 2.11 bits per heavy atom. The lowest BCUT2D eigenvalue weighted by atomic mass is 9.95. The Balaban J connectivity index is 1.81. The quantitative estimate of drug-likeness (QED) is 0.136. The predicted molar refractivity (Wildman–Crippen MR) is 112 cm³/mol. The molecule has 2 heterocycles. The van der Waals surface area contributed by atoms with Crippen LogP contribution in [0.25, 0.3) is 0 Å². The van der Waals surface area contributed by atoms with Crippen molar-refractivity contribution in [1.29, 1.82) is 0 Å². The van der Waals surface area contributed by atoms with Crippen molar-refractivity contribution in [3.8, 4) is 5.75 Å². The first-order chi connectivity index (χ1) is 16.6. The molecule has 0 aliphatic carbocycles. The number of hydrogen-bond acceptors (Lipinski definition) is 13. The second kappa shape index (κ2) is 11.5. The minimum absolute atomic E-state index is 0.105. The maximum absolute atomic E-state index is 11.8. The lowest BCUT2D eigenvalue weighted by Crippen LogP contribution is -2.68. The molecule has 0 bridgehead atoms. The van der Waals surface area contributed by atoms with Crippen LogP contribution in [0, 0.1) is 10.1 Å². The first-order valence-electron chi connectivity index (χ1n) is 10.7. The molecule has 15 heteroatoms. The number of aliphatic hydroxyl groups is 6. The van der Waals surface area contributed by atoms with Gasteiger partial charge in [0.15, 0.2) is 6.29 Å². The van der Waals surface area contributed by atoms with Crippen LogP contribution in [0.3, 0.4) is 0 Å². The van der Waals surface area contributed by atoms with Gasteiger partial charge in [-0.15, -0.1) is 0 Å². The topological polar surface area (TPSA) is 231 Å². The number of nitrogens with one attached hydrogen (secondary N) is 1. The van der Waals surface area contributed by atoms with Crippen molar-refractivity contribution in [2.24, 2.45) is 0 Å². The first kappa shape index (κ1) is 27.1. The highest BCUT2D eigenvalue weighted by atomic mass is 16.7. The van der Waals surface area contributed by atoms with Crippen molar-refractivity contribution in [1.82, 2.24) is 5.32 Å². The summed E-state index contributed by atoms with van der Waals surface area (Å²) in [6, 6.07) is 3.64. The molecule has 15 nitrogen and oxygen atoms in total. The van der Waals surface area contributed by atoms with Gasteiger partial charge in [-0.2, -0.15) is 0 Å². The van der Waals surface area contributed by atoms with Crippen LogP contribution in [-0.2, 0) is 19.0 Å². The van der Waals surface area contributed by atoms with Crippen molar-refractivity contribution < 1.29 is 59.3 Å². The van der Waals surface area contributed by atoms with E-state index in [-0.39, 0.29) is 11.4 Å². The summed E-state index contributed by atoms with van der Waals surface area (Å²) in [6.45, 7) is -0.259. The van der Waals surface area contributed by atoms with Gasteiger partial charge >= 0.3 is 0 Å². The Morgan fingerprint density at radius 1 is 0.971 bits per heavy atom. The molecule has 3 rings (SSSR count). The SMILES string of the molecule is CC(=O)N[C@@H]1[C@H](Oc2ccc([N+](=O)[O-])cc2)O[C@H](CO)[C@@H](O[C@H]2O[C@@H](CO)[C@H](O)[C@@H](O)[C@@H]2O)[C@@H]1O. The highest BCUT2D eigenvalue weighted by molar-refractivity contribution is 5.73. The van der Waals surface area contributed by atoms with Crippen LogP contribution in [0.5, 0.6) is 5.75 Å². The molecule has 35 heavy (non-hydrogen) atoms. The van der Waals surface area contributed by atoms with E-state index in [1.54, 1.807) is 0 Å². The Hall–Kier alpha value is -2.47. The lowest BCUT2D eigenvalue weighted by molar-refractivity contribution is -0.384. The Labute approximate surface area is 198 Å². The molecule has 1 aromatic carbocycles. The lowest BCUT2D eigenvalue weighted by Gasteiger charge is -2.47. The van der Waals surface area contributed by atoms with Crippen LogP contribution in [0.4, 0.5) is 5.69 Å². The van der Waals surface area contributed by atoms with Crippen molar-refractivity contribution in [3.63, 3.8) is 0 Å². The minimum Gasteiger partial charge on any atom is -0.463 e. The van der Waals surface area contributed by atoms with Crippen LogP contribution in [-0.4, -0.2) is 116 Å². The number of ether oxygens (including phenoxy) is 4. The zero-order valence-corrected chi connectivity index (χ0v) is 18.5. The van der Waals surface area contributed by atoms with Crippen LogP contribution in [0.15, 0.2) is 24.3 Å². The summed E-state index contributed by atoms with van der Waals surface area (Å²) >= 11 is 0. The standard InChI is InChI=1S/C20H28N2O13/c1-8(25)21-13-15(27)18(35-20-17(29)16(28)14(26)11(6-23)33-20)12(7-24)34-19(13)32-10-4-2-9(3-5-10)22(30)31/h2-5,11-20,23-24,26-29H,6-7H2,1H3,(H,21,25)/t11-,12+,13-,14-,15+,16+,17-,18+,19+,20+/m0/s1. The Morgan fingerprint density at radius 2 is 1.57 bits per heavy atom. The summed E-state index contributed by atoms with van der Waals surface area (Å²) in [5.41, 5.74) is -0.193. The number of nitro groups is 1. The fourth-order valence-corrected chi connectivity index (χ4v) is 3.84. The fourth-order valence-electron chi connectivity index (χ4n) is 3.84. The minimum atomic E-state index is -1.78. The van der Waals surface area contributed by atoms with E-state index in [1.807, 2.05) is 0 Å². The van der Waals surface area contributed by atoms with Gasteiger partial charge in [0.2, 0.25) is 12.2 Å². The van der Waals surface area contributed by atoms with Crippen molar-refractivity contribution >= 4 is 11.6 Å². The Bertz CT molecular complexity index is 869. The number of non-ortho nitro benzene ring substituents is 1. The summed E-state index contributed by atoms with van der Waals surface area (Å²) in [7, 11) is 0. The van der Waals surface area contributed by atoms with Crippen molar-refractivity contribution in [2.75, 3.05) is 13.2 Å². The van der Waals surface area contributed by atoms with Gasteiger partial charge in [0.25, 0.3) is 5.69 Å². The molecule has 2 aliphatic heterocycles. The van der Waals surface area contributed by atoms with E-state index >= 15 is 0 Å². The van der Waals surface area contributed by atoms with E-state index in [0.29, 0.717) is 0 Å². The number of amides is 1. The monoisotopic (exact) mass is 504 g/mol. The molecule has 1 aromatic rings. The zero-order valence-electron chi connectivity index (χ0n) is 18.5. The van der Waals surface area contributed by atoms with E-state index in [0.717, 1.165) is 0 Å². The van der Waals surface area contributed by atoms with Gasteiger partial charge in [0.05, 0.1) is 18.1 Å². The summed E-state index contributed by atoms with van der Waals surface area (Å²) in [5.74, 6) is -0.475. The third-order valence-corrected chi connectivity index (χ3v) is 5.66. The average Bonchev–Trinajstić information content (AvgIpc) is 2.83. The number of nitrogens with zero attached hydrogens (tertiary/aromatic N) is 1. The van der Waals surface area contributed by atoms with E-state index in [1.165, 1.54) is 31.2 Å². The largest absolute Gasteiger partial charge is 0.463 e. The molecular formula is C20H28N2O13. The molecule has 0 aromatic heterocycles. The normalized spacial score (nSPS) is 37.5. The van der Waals surface area contributed by atoms with Crippen molar-refractivity contribution in [2.45, 2.75) is 68.3 Å². The average molecular weight is 504 g/mol. The third kappa shape index (κ3) is 6.03. The van der Waals surface area contributed by atoms with Gasteiger partial charge in [-0.3, -0.25) is 14.9 Å². The number of carbonyl (C=O) groups is 1. The highest BCUT2D eigenvalue weighted by Crippen LogP contribution is 2.30. The summed E-state index contributed by atoms with van der Waals surface area (Å²) in [6.07, 6.45) is -13.8. The molecule has 0 unspecified atom stereocenters.